The molecule has 0 radical (unpaired) electrons. The number of hydrazine groups is 1. The molecule has 0 atom stereocenters. The Morgan fingerprint density at radius 3 is 2.07 bits per heavy atom. The molecule has 0 bridgehead atoms. The Hall–Kier alpha value is -5.04. The Kier molecular flexibility index (Phi) is 8.06. The van der Waals surface area contributed by atoms with Crippen molar-refractivity contribution < 1.29 is 23.8 Å². The number of hydrogen-bond donors (Lipinski definition) is 1. The minimum atomic E-state index is -0.466. The van der Waals surface area contributed by atoms with Gasteiger partial charge >= 0.3 is 0 Å². The lowest BCUT2D eigenvalue weighted by Crippen LogP contribution is -2.35. The van der Waals surface area contributed by atoms with E-state index in [0.717, 1.165) is 5.75 Å². The van der Waals surface area contributed by atoms with E-state index in [9.17, 15) is 9.59 Å². The van der Waals surface area contributed by atoms with Gasteiger partial charge in [0.1, 0.15) is 24.5 Å². The third kappa shape index (κ3) is 6.09. The lowest BCUT2D eigenvalue weighted by molar-refractivity contribution is -0.117. The van der Waals surface area contributed by atoms with E-state index < -0.39 is 11.8 Å². The molecule has 0 aliphatic carbocycles. The summed E-state index contributed by atoms with van der Waals surface area (Å²) in [5.41, 5.74) is 6.21. The van der Waals surface area contributed by atoms with Gasteiger partial charge < -0.3 is 14.2 Å². The van der Waals surface area contributed by atoms with Gasteiger partial charge in [-0.3, -0.25) is 15.0 Å². The number of methoxy groups -OCH3 is 1. The third-order valence-corrected chi connectivity index (χ3v) is 7.09. The van der Waals surface area contributed by atoms with Gasteiger partial charge in [-0.2, -0.15) is 0 Å². The zero-order valence-electron chi connectivity index (χ0n) is 23.3. The number of nitrogens with zero attached hydrogens (tertiary/aromatic N) is 1. The molecule has 2 amide bonds. The Bertz CT molecular complexity index is 1550. The van der Waals surface area contributed by atoms with Crippen molar-refractivity contribution in [3.8, 4) is 17.2 Å². The summed E-state index contributed by atoms with van der Waals surface area (Å²) in [6.07, 6.45) is 1.54. The molecule has 1 aliphatic heterocycles. The highest BCUT2D eigenvalue weighted by Gasteiger charge is 2.34. The van der Waals surface area contributed by atoms with E-state index in [-0.39, 0.29) is 11.0 Å². The summed E-state index contributed by atoms with van der Waals surface area (Å²) in [6, 6.07) is 32.7. The second kappa shape index (κ2) is 12.0. The van der Waals surface area contributed by atoms with Crippen molar-refractivity contribution in [3.05, 3.63) is 125 Å². The van der Waals surface area contributed by atoms with Crippen LogP contribution in [-0.2, 0) is 15.0 Å². The predicted octanol–water partition coefficient (Wildman–Crippen LogP) is 5.94. The summed E-state index contributed by atoms with van der Waals surface area (Å²) < 4.78 is 17.3. The van der Waals surface area contributed by atoms with E-state index in [1.807, 2.05) is 24.3 Å². The van der Waals surface area contributed by atoms with E-state index in [1.54, 1.807) is 55.7 Å². The lowest BCUT2D eigenvalue weighted by atomic mass is 9.78. The molecule has 1 N–H and O–H groups in total. The van der Waals surface area contributed by atoms with Crippen LogP contribution in [0.5, 0.6) is 17.2 Å². The first-order valence-electron chi connectivity index (χ1n) is 13.4. The number of amides is 2. The van der Waals surface area contributed by atoms with Crippen LogP contribution in [0.1, 0.15) is 30.5 Å². The molecule has 7 heteroatoms. The van der Waals surface area contributed by atoms with E-state index in [1.165, 1.54) is 16.1 Å². The number of ether oxygens (including phenoxy) is 3. The number of hydrogen-bond acceptors (Lipinski definition) is 5. The van der Waals surface area contributed by atoms with Crippen molar-refractivity contribution >= 4 is 23.6 Å². The molecule has 4 aromatic rings. The van der Waals surface area contributed by atoms with Crippen molar-refractivity contribution in [2.24, 2.45) is 0 Å². The second-order valence-corrected chi connectivity index (χ2v) is 10.1. The van der Waals surface area contributed by atoms with E-state index in [2.05, 4.69) is 55.7 Å². The van der Waals surface area contributed by atoms with Crippen LogP contribution in [0.3, 0.4) is 0 Å². The van der Waals surface area contributed by atoms with Crippen LogP contribution in [0.2, 0.25) is 0 Å². The Morgan fingerprint density at radius 1 is 0.756 bits per heavy atom. The topological polar surface area (TPSA) is 77.1 Å². The molecule has 41 heavy (non-hydrogen) atoms. The van der Waals surface area contributed by atoms with Gasteiger partial charge in [0.2, 0.25) is 0 Å². The van der Waals surface area contributed by atoms with Crippen LogP contribution in [0.15, 0.2) is 109 Å². The maximum Gasteiger partial charge on any atom is 0.282 e. The number of benzene rings is 4. The zero-order chi connectivity index (χ0) is 28.8. The molecular formula is C34H32N2O5. The summed E-state index contributed by atoms with van der Waals surface area (Å²) in [7, 11) is 1.54. The quantitative estimate of drug-likeness (QED) is 0.151. The molecule has 1 saturated heterocycles. The maximum absolute atomic E-state index is 12.9. The van der Waals surface area contributed by atoms with Gasteiger partial charge in [-0.05, 0) is 59.2 Å². The van der Waals surface area contributed by atoms with Gasteiger partial charge in [0.25, 0.3) is 11.8 Å². The number of nitrogens with one attached hydrogen (secondary N) is 1. The van der Waals surface area contributed by atoms with Crippen LogP contribution in [0.25, 0.3) is 6.08 Å². The first-order chi connectivity index (χ1) is 19.9. The fraction of sp³-hybridized carbons (Fsp3) is 0.176. The van der Waals surface area contributed by atoms with Gasteiger partial charge in [-0.15, -0.1) is 0 Å². The Balaban J connectivity index is 1.18. The highest BCUT2D eigenvalue weighted by molar-refractivity contribution is 6.31. The van der Waals surface area contributed by atoms with Crippen molar-refractivity contribution in [3.63, 3.8) is 0 Å². The molecular weight excluding hydrogens is 516 g/mol. The normalized spacial score (nSPS) is 14.2. The summed E-state index contributed by atoms with van der Waals surface area (Å²) in [5, 5.41) is 1.24. The number of carbonyl (C=O) groups is 2. The largest absolute Gasteiger partial charge is 0.493 e. The highest BCUT2D eigenvalue weighted by atomic mass is 16.5. The Morgan fingerprint density at radius 2 is 1.39 bits per heavy atom. The van der Waals surface area contributed by atoms with Gasteiger partial charge in [0, 0.05) is 5.41 Å². The summed E-state index contributed by atoms with van der Waals surface area (Å²) >= 11 is 0. The third-order valence-electron chi connectivity index (χ3n) is 7.09. The fourth-order valence-electron chi connectivity index (χ4n) is 4.68. The van der Waals surface area contributed by atoms with Crippen LogP contribution < -0.4 is 24.6 Å². The van der Waals surface area contributed by atoms with E-state index in [4.69, 9.17) is 14.2 Å². The van der Waals surface area contributed by atoms with Crippen molar-refractivity contribution in [2.45, 2.75) is 19.3 Å². The first kappa shape index (κ1) is 27.5. The number of anilines is 1. The number of carbonyl (C=O) groups excluding carboxylic acids is 2. The molecule has 5 rings (SSSR count). The monoisotopic (exact) mass is 548 g/mol. The van der Waals surface area contributed by atoms with Crippen molar-refractivity contribution in [2.75, 3.05) is 25.3 Å². The lowest BCUT2D eigenvalue weighted by Gasteiger charge is -2.26. The summed E-state index contributed by atoms with van der Waals surface area (Å²) in [6.45, 7) is 5.07. The molecule has 0 spiro atoms. The standard InChI is InChI=1S/C34H32N2O5/c1-34(2,25-10-6-4-7-11-25)26-15-17-28(18-16-26)40-20-21-41-30-19-14-24(23-31(30)39-3)22-29-32(37)35-36(33(29)38)27-12-8-5-9-13-27/h4-19,22-23H,20-21H2,1-3H3,(H,35,37)/b29-22+. The minimum Gasteiger partial charge on any atom is -0.493 e. The molecule has 4 aromatic carbocycles. The van der Waals surface area contributed by atoms with E-state index in [0.29, 0.717) is 36.0 Å². The van der Waals surface area contributed by atoms with Gasteiger partial charge in [0.15, 0.2) is 11.5 Å². The second-order valence-electron chi connectivity index (χ2n) is 10.1. The number of rotatable bonds is 10. The Labute approximate surface area is 240 Å². The van der Waals surface area contributed by atoms with Crippen molar-refractivity contribution in [1.29, 1.82) is 0 Å². The highest BCUT2D eigenvalue weighted by Crippen LogP contribution is 2.33. The van der Waals surface area contributed by atoms with Crippen LogP contribution in [0, 0.1) is 0 Å². The average Bonchev–Trinajstić information content (AvgIpc) is 3.29. The fourth-order valence-corrected chi connectivity index (χ4v) is 4.68. The molecule has 1 fully saturated rings. The molecule has 0 saturated carbocycles. The van der Waals surface area contributed by atoms with Gasteiger partial charge in [-0.25, -0.2) is 5.01 Å². The smallest absolute Gasteiger partial charge is 0.282 e. The molecule has 0 aromatic heterocycles. The van der Waals surface area contributed by atoms with Crippen molar-refractivity contribution in [1.82, 2.24) is 5.43 Å². The molecule has 7 nitrogen and oxygen atoms in total. The zero-order valence-corrected chi connectivity index (χ0v) is 23.3. The maximum atomic E-state index is 12.9. The number of para-hydroxylation sites is 1. The summed E-state index contributed by atoms with van der Waals surface area (Å²) in [4.78, 5) is 25.4. The molecule has 1 heterocycles. The first-order valence-corrected chi connectivity index (χ1v) is 13.4. The SMILES string of the molecule is COc1cc(/C=C2\C(=O)NN(c3ccccc3)C2=O)ccc1OCCOc1ccc(C(C)(C)c2ccccc2)cc1. The predicted molar refractivity (Wildman–Crippen MR) is 159 cm³/mol. The molecule has 0 unspecified atom stereocenters. The molecule has 1 aliphatic rings. The van der Waals surface area contributed by atoms with Crippen LogP contribution in [0.4, 0.5) is 5.69 Å². The van der Waals surface area contributed by atoms with E-state index >= 15 is 0 Å². The summed E-state index contributed by atoms with van der Waals surface area (Å²) in [5.74, 6) is 0.893. The minimum absolute atomic E-state index is 0.0381. The average molecular weight is 549 g/mol. The van der Waals surface area contributed by atoms with Crippen LogP contribution in [-0.4, -0.2) is 32.1 Å². The van der Waals surface area contributed by atoms with Crippen LogP contribution >= 0.6 is 0 Å². The van der Waals surface area contributed by atoms with Gasteiger partial charge in [0.05, 0.1) is 12.8 Å². The molecule has 208 valence electrons. The van der Waals surface area contributed by atoms with Gasteiger partial charge in [-0.1, -0.05) is 80.6 Å².